The second-order valence-corrected chi connectivity index (χ2v) is 10.3. The van der Waals surface area contributed by atoms with Crippen LogP contribution in [0.2, 0.25) is 0 Å². The number of hydrogen-bond donors (Lipinski definition) is 1. The Kier molecular flexibility index (Phi) is 8.10. The molecule has 0 bridgehead atoms. The van der Waals surface area contributed by atoms with Gasteiger partial charge in [0.05, 0.1) is 19.3 Å². The fraction of sp³-hybridized carbons (Fsp3) is 0.607. The second kappa shape index (κ2) is 11.6. The summed E-state index contributed by atoms with van der Waals surface area (Å²) in [6.07, 6.45) is 6.00. The van der Waals surface area contributed by atoms with Crippen LogP contribution in [0.1, 0.15) is 59.4 Å². The highest BCUT2D eigenvalue weighted by Gasteiger charge is 2.32. The van der Waals surface area contributed by atoms with Crippen molar-refractivity contribution in [2.75, 3.05) is 39.4 Å². The summed E-state index contributed by atoms with van der Waals surface area (Å²) in [5.41, 5.74) is 3.69. The summed E-state index contributed by atoms with van der Waals surface area (Å²) in [4.78, 5) is 30.3. The van der Waals surface area contributed by atoms with Crippen LogP contribution in [-0.4, -0.2) is 88.1 Å². The van der Waals surface area contributed by atoms with Gasteiger partial charge in [0.2, 0.25) is 5.91 Å². The highest BCUT2D eigenvalue weighted by Crippen LogP contribution is 2.28. The number of aliphatic hydroxyl groups excluding tert-OH is 1. The van der Waals surface area contributed by atoms with E-state index in [4.69, 9.17) is 14.6 Å². The molecule has 2 aliphatic heterocycles. The van der Waals surface area contributed by atoms with Crippen LogP contribution < -0.4 is 4.74 Å². The summed E-state index contributed by atoms with van der Waals surface area (Å²) in [5.74, 6) is 0.921. The van der Waals surface area contributed by atoms with E-state index < -0.39 is 0 Å². The molecule has 5 rings (SSSR count). The third kappa shape index (κ3) is 5.83. The molecule has 1 N–H and O–H groups in total. The Morgan fingerprint density at radius 3 is 2.43 bits per heavy atom. The molecule has 2 aromatic rings. The topological polar surface area (TPSA) is 97.1 Å². The molecule has 0 atom stereocenters. The highest BCUT2D eigenvalue weighted by atomic mass is 16.5. The Balaban J connectivity index is 1.17. The van der Waals surface area contributed by atoms with Gasteiger partial charge < -0.3 is 24.4 Å². The minimum Gasteiger partial charge on any atom is -0.490 e. The lowest BCUT2D eigenvalue weighted by Crippen LogP contribution is -2.43. The predicted molar refractivity (Wildman–Crippen MR) is 138 cm³/mol. The second-order valence-electron chi connectivity index (χ2n) is 10.3. The van der Waals surface area contributed by atoms with Crippen LogP contribution in [0.4, 0.5) is 0 Å². The molecule has 9 nitrogen and oxygen atoms in total. The van der Waals surface area contributed by atoms with Crippen molar-refractivity contribution in [1.82, 2.24) is 19.6 Å². The van der Waals surface area contributed by atoms with Gasteiger partial charge in [-0.3, -0.25) is 14.3 Å². The maximum atomic E-state index is 13.4. The third-order valence-corrected chi connectivity index (χ3v) is 7.85. The molecule has 2 saturated heterocycles. The van der Waals surface area contributed by atoms with E-state index in [0.29, 0.717) is 38.5 Å². The number of piperidine rings is 2. The van der Waals surface area contributed by atoms with Gasteiger partial charge in [-0.25, -0.2) is 0 Å². The Hall–Kier alpha value is -2.91. The van der Waals surface area contributed by atoms with Crippen LogP contribution in [0.15, 0.2) is 24.3 Å². The maximum absolute atomic E-state index is 13.4. The number of rotatable bonds is 8. The first-order chi connectivity index (χ1) is 18.0. The van der Waals surface area contributed by atoms with Crippen LogP contribution >= 0.6 is 0 Å². The summed E-state index contributed by atoms with van der Waals surface area (Å²) in [6, 6.07) is 8.03. The first-order valence-corrected chi connectivity index (χ1v) is 13.6. The molecule has 0 unspecified atom stereocenters. The van der Waals surface area contributed by atoms with Gasteiger partial charge >= 0.3 is 0 Å². The van der Waals surface area contributed by atoms with Gasteiger partial charge in [-0.05, 0) is 50.7 Å². The number of para-hydroxylation sites is 1. The van der Waals surface area contributed by atoms with Crippen molar-refractivity contribution in [1.29, 1.82) is 0 Å². The molecule has 2 amide bonds. The van der Waals surface area contributed by atoms with Crippen molar-refractivity contribution >= 4 is 11.8 Å². The number of aromatic nitrogens is 2. The number of aliphatic hydroxyl groups is 1. The monoisotopic (exact) mass is 510 g/mol. The normalized spacial score (nSPS) is 18.8. The van der Waals surface area contributed by atoms with Gasteiger partial charge in [0.15, 0.2) is 5.69 Å². The number of likely N-dealkylation sites (tertiary alicyclic amines) is 2. The van der Waals surface area contributed by atoms with E-state index in [9.17, 15) is 9.59 Å². The number of benzene rings is 1. The molecule has 200 valence electrons. The van der Waals surface area contributed by atoms with Crippen molar-refractivity contribution in [3.8, 4) is 5.75 Å². The van der Waals surface area contributed by atoms with Crippen molar-refractivity contribution < 1.29 is 24.2 Å². The molecular weight excluding hydrogens is 472 g/mol. The van der Waals surface area contributed by atoms with E-state index in [2.05, 4.69) is 5.10 Å². The molecule has 3 heterocycles. The Morgan fingerprint density at radius 2 is 1.70 bits per heavy atom. The zero-order chi connectivity index (χ0) is 25.8. The molecule has 37 heavy (non-hydrogen) atoms. The average Bonchev–Trinajstić information content (AvgIpc) is 3.53. The van der Waals surface area contributed by atoms with Crippen LogP contribution in [0, 0.1) is 6.92 Å². The number of hydrogen-bond acceptors (Lipinski definition) is 6. The van der Waals surface area contributed by atoms with Crippen molar-refractivity contribution in [3.05, 3.63) is 46.8 Å². The molecule has 1 aliphatic carbocycles. The number of amides is 2. The fourth-order valence-corrected chi connectivity index (χ4v) is 5.73. The van der Waals surface area contributed by atoms with E-state index in [1.807, 2.05) is 41.0 Å². The Morgan fingerprint density at radius 1 is 1.00 bits per heavy atom. The molecule has 1 aromatic carbocycles. The highest BCUT2D eigenvalue weighted by molar-refractivity contribution is 5.94. The van der Waals surface area contributed by atoms with Crippen LogP contribution in [0.25, 0.3) is 0 Å². The quantitative estimate of drug-likeness (QED) is 0.586. The number of carbonyl (C=O) groups is 2. The van der Waals surface area contributed by atoms with Gasteiger partial charge in [-0.2, -0.15) is 5.10 Å². The van der Waals surface area contributed by atoms with E-state index >= 15 is 0 Å². The van der Waals surface area contributed by atoms with Gasteiger partial charge in [0.1, 0.15) is 18.4 Å². The molecule has 0 radical (unpaired) electrons. The van der Waals surface area contributed by atoms with E-state index in [1.54, 1.807) is 4.68 Å². The zero-order valence-electron chi connectivity index (χ0n) is 21.7. The minimum absolute atomic E-state index is 0.0145. The first-order valence-electron chi connectivity index (χ1n) is 13.6. The smallest absolute Gasteiger partial charge is 0.274 e. The number of carbonyl (C=O) groups excluding carboxylic acids is 2. The molecular formula is C28H38N4O5. The van der Waals surface area contributed by atoms with Crippen LogP contribution in [0.5, 0.6) is 5.75 Å². The molecule has 1 aromatic heterocycles. The lowest BCUT2D eigenvalue weighted by molar-refractivity contribution is -0.133. The summed E-state index contributed by atoms with van der Waals surface area (Å²) in [7, 11) is 0. The Labute approximate surface area is 218 Å². The predicted octanol–water partition coefficient (Wildman–Crippen LogP) is 2.36. The zero-order valence-corrected chi connectivity index (χ0v) is 21.7. The van der Waals surface area contributed by atoms with Crippen molar-refractivity contribution in [3.63, 3.8) is 0 Å². The molecule has 3 aliphatic rings. The van der Waals surface area contributed by atoms with Gasteiger partial charge in [0.25, 0.3) is 5.91 Å². The molecule has 9 heteroatoms. The largest absolute Gasteiger partial charge is 0.490 e. The number of nitrogens with zero attached hydrogens (tertiary/aromatic N) is 4. The van der Waals surface area contributed by atoms with Crippen LogP contribution in [0.3, 0.4) is 0 Å². The Bertz CT molecular complexity index is 1100. The standard InChI is InChI=1S/C28H38N4O5/c1-20-5-2-3-8-25(20)37-22-11-13-30(14-12-22)26(34)19-32-24-7-4-6-23(24)27(29-32)28(35)31-15-9-21(10-16-31)36-18-17-33/h2-3,5,8,21-22,33H,4,6-7,9-19H2,1H3. The number of fused-ring (bicyclic) bond motifs is 1. The molecule has 2 fully saturated rings. The van der Waals surface area contributed by atoms with E-state index in [-0.39, 0.29) is 37.2 Å². The van der Waals surface area contributed by atoms with Crippen LogP contribution in [-0.2, 0) is 28.9 Å². The van der Waals surface area contributed by atoms with Crippen molar-refractivity contribution in [2.24, 2.45) is 0 Å². The number of ether oxygens (including phenoxy) is 2. The van der Waals surface area contributed by atoms with E-state index in [1.165, 1.54) is 0 Å². The fourth-order valence-electron chi connectivity index (χ4n) is 5.73. The lowest BCUT2D eigenvalue weighted by atomic mass is 10.1. The summed E-state index contributed by atoms with van der Waals surface area (Å²) in [5, 5.41) is 13.6. The first kappa shape index (κ1) is 25.7. The minimum atomic E-state index is -0.0425. The van der Waals surface area contributed by atoms with Gasteiger partial charge in [0, 0.05) is 50.3 Å². The van der Waals surface area contributed by atoms with Crippen molar-refractivity contribution in [2.45, 2.75) is 70.6 Å². The summed E-state index contributed by atoms with van der Waals surface area (Å²) in [6.45, 7) is 5.14. The SMILES string of the molecule is Cc1ccccc1OC1CCN(C(=O)Cn2nc(C(=O)N3CCC(OCCO)CC3)c3c2CCC3)CC1. The third-order valence-electron chi connectivity index (χ3n) is 7.85. The summed E-state index contributed by atoms with van der Waals surface area (Å²) < 4.78 is 13.6. The average molecular weight is 511 g/mol. The lowest BCUT2D eigenvalue weighted by Gasteiger charge is -2.32. The van der Waals surface area contributed by atoms with Gasteiger partial charge in [-0.15, -0.1) is 0 Å². The maximum Gasteiger partial charge on any atom is 0.274 e. The summed E-state index contributed by atoms with van der Waals surface area (Å²) >= 11 is 0. The van der Waals surface area contributed by atoms with Gasteiger partial charge in [-0.1, -0.05) is 18.2 Å². The molecule has 0 spiro atoms. The number of aryl methyl sites for hydroxylation is 1. The molecule has 0 saturated carbocycles. The van der Waals surface area contributed by atoms with E-state index in [0.717, 1.165) is 67.5 Å².